The Morgan fingerprint density at radius 2 is 2.10 bits per heavy atom. The van der Waals surface area contributed by atoms with E-state index < -0.39 is 30.4 Å². The normalized spacial score (nSPS) is 25.4. The molecule has 2 aliphatic heterocycles. The molecule has 0 aromatic carbocycles. The third-order valence-corrected chi connectivity index (χ3v) is 5.53. The molecule has 2 N–H and O–H groups in total. The number of nitriles is 2. The molecule has 3 unspecified atom stereocenters. The number of nitrogens with one attached hydrogen (secondary N) is 1. The predicted molar refractivity (Wildman–Crippen MR) is 113 cm³/mol. The number of amides is 1. The monoisotopic (exact) mass is 444 g/mol. The fourth-order valence-corrected chi connectivity index (χ4v) is 3.86. The predicted octanol–water partition coefficient (Wildman–Crippen LogP) is 2.12. The average molecular weight is 444 g/mol. The van der Waals surface area contributed by atoms with Gasteiger partial charge < -0.3 is 10.4 Å². The van der Waals surface area contributed by atoms with Crippen LogP contribution in [0.5, 0.6) is 0 Å². The van der Waals surface area contributed by atoms with E-state index in [1.807, 2.05) is 6.07 Å². The number of aliphatic hydroxyl groups is 1. The molecule has 31 heavy (non-hydrogen) atoms. The van der Waals surface area contributed by atoms with Crippen LogP contribution in [-0.4, -0.2) is 53.1 Å². The summed E-state index contributed by atoms with van der Waals surface area (Å²) in [4.78, 5) is 24.3. The highest BCUT2D eigenvalue weighted by atomic mass is 32.2. The van der Waals surface area contributed by atoms with E-state index in [9.17, 15) is 29.2 Å². The zero-order chi connectivity index (χ0) is 22.4. The quantitative estimate of drug-likeness (QED) is 0.670. The van der Waals surface area contributed by atoms with E-state index in [4.69, 9.17) is 0 Å². The lowest BCUT2D eigenvalue weighted by Crippen LogP contribution is -2.34. The Morgan fingerprint density at radius 1 is 1.32 bits per heavy atom. The van der Waals surface area contributed by atoms with Gasteiger partial charge >= 0.3 is 0 Å². The van der Waals surface area contributed by atoms with Crippen LogP contribution in [0.1, 0.15) is 12.8 Å². The molecule has 8 nitrogen and oxygen atoms in total. The van der Waals surface area contributed by atoms with Crippen molar-refractivity contribution in [2.24, 2.45) is 26.8 Å². The van der Waals surface area contributed by atoms with Crippen LogP contribution < -0.4 is 5.32 Å². The van der Waals surface area contributed by atoms with E-state index in [0.717, 1.165) is 18.0 Å². The molecule has 0 aromatic heterocycles. The van der Waals surface area contributed by atoms with Crippen molar-refractivity contribution in [3.05, 3.63) is 35.1 Å². The van der Waals surface area contributed by atoms with Crippen LogP contribution in [0.2, 0.25) is 0 Å². The van der Waals surface area contributed by atoms with E-state index in [1.54, 1.807) is 12.2 Å². The number of amidine groups is 1. The number of alkyl halides is 2. The highest BCUT2D eigenvalue weighted by Crippen LogP contribution is 2.28. The van der Waals surface area contributed by atoms with Gasteiger partial charge in [0.15, 0.2) is 11.4 Å². The summed E-state index contributed by atoms with van der Waals surface area (Å²) in [5, 5.41) is 31.6. The van der Waals surface area contributed by atoms with Gasteiger partial charge in [0.2, 0.25) is 5.91 Å². The van der Waals surface area contributed by atoms with Crippen LogP contribution >= 0.6 is 11.8 Å². The summed E-state index contributed by atoms with van der Waals surface area (Å²) in [6.07, 6.45) is 3.34. The van der Waals surface area contributed by atoms with Crippen LogP contribution in [0.3, 0.4) is 0 Å². The van der Waals surface area contributed by atoms with Crippen LogP contribution in [-0.2, 0) is 4.79 Å². The first-order valence-corrected chi connectivity index (χ1v) is 10.4. The summed E-state index contributed by atoms with van der Waals surface area (Å²) in [5.41, 5.74) is 1.16. The second-order valence-electron chi connectivity index (χ2n) is 6.72. The number of aliphatic imine (C=N–C) groups is 3. The third kappa shape index (κ3) is 5.32. The topological polar surface area (TPSA) is 134 Å². The molecule has 1 amide bonds. The number of hydrogen-bond donors (Lipinski definition) is 2. The Labute approximate surface area is 181 Å². The van der Waals surface area contributed by atoms with E-state index in [-0.39, 0.29) is 28.9 Å². The lowest BCUT2D eigenvalue weighted by Gasteiger charge is -2.24. The molecule has 0 bridgehead atoms. The molecule has 0 saturated carbocycles. The van der Waals surface area contributed by atoms with Gasteiger partial charge in [-0.15, -0.1) is 0 Å². The number of carbonyl (C=O) groups is 1. The number of carbonyl (C=O) groups excluding carboxylic acids is 1. The molecule has 0 fully saturated rings. The SMILES string of the molecule is N#CC1=CCCC=C1C1=NC(SCC(=O)NC2=CCN=CC2C(F)F)=NC(O)C1C#N. The molecule has 0 aromatic rings. The molecule has 11 heteroatoms. The average Bonchev–Trinajstić information content (AvgIpc) is 2.77. The maximum atomic E-state index is 13.1. The Balaban J connectivity index is 1.71. The lowest BCUT2D eigenvalue weighted by molar-refractivity contribution is -0.118. The van der Waals surface area contributed by atoms with Gasteiger partial charge in [0.1, 0.15) is 5.92 Å². The molecule has 0 radical (unpaired) electrons. The van der Waals surface area contributed by atoms with Crippen molar-refractivity contribution in [1.82, 2.24) is 5.32 Å². The Morgan fingerprint density at radius 3 is 2.81 bits per heavy atom. The summed E-state index contributed by atoms with van der Waals surface area (Å²) in [5.74, 6) is -3.04. The zero-order valence-corrected chi connectivity index (χ0v) is 17.0. The van der Waals surface area contributed by atoms with E-state index in [0.29, 0.717) is 24.0 Å². The first kappa shape index (κ1) is 22.5. The third-order valence-electron chi connectivity index (χ3n) is 4.67. The van der Waals surface area contributed by atoms with Crippen LogP contribution in [0, 0.1) is 34.5 Å². The molecule has 3 aliphatic rings. The first-order valence-electron chi connectivity index (χ1n) is 9.40. The minimum absolute atomic E-state index is 0.0671. The number of allylic oxidation sites excluding steroid dienone is 5. The van der Waals surface area contributed by atoms with Gasteiger partial charge in [-0.25, -0.2) is 18.8 Å². The van der Waals surface area contributed by atoms with Gasteiger partial charge in [-0.1, -0.05) is 23.9 Å². The van der Waals surface area contributed by atoms with Gasteiger partial charge in [-0.2, -0.15) is 10.5 Å². The van der Waals surface area contributed by atoms with E-state index in [2.05, 4.69) is 26.4 Å². The molecule has 3 rings (SSSR count). The zero-order valence-electron chi connectivity index (χ0n) is 16.2. The Bertz CT molecular complexity index is 1020. The first-order chi connectivity index (χ1) is 14.9. The van der Waals surface area contributed by atoms with Gasteiger partial charge in [-0.05, 0) is 18.9 Å². The Hall–Kier alpha value is -3.15. The fourth-order valence-electron chi connectivity index (χ4n) is 3.18. The number of halogens is 2. The number of rotatable bonds is 5. The highest BCUT2D eigenvalue weighted by molar-refractivity contribution is 8.14. The number of hydrogen-bond acceptors (Lipinski definition) is 8. The molecular weight excluding hydrogens is 426 g/mol. The summed E-state index contributed by atoms with van der Waals surface area (Å²) in [6, 6.07) is 4.02. The van der Waals surface area contributed by atoms with Crippen molar-refractivity contribution >= 4 is 34.8 Å². The number of nitrogens with zero attached hydrogens (tertiary/aromatic N) is 5. The van der Waals surface area contributed by atoms with Crippen molar-refractivity contribution < 1.29 is 18.7 Å². The van der Waals surface area contributed by atoms with Crippen molar-refractivity contribution in [3.63, 3.8) is 0 Å². The number of aliphatic hydroxyl groups excluding tert-OH is 1. The van der Waals surface area contributed by atoms with Gasteiger partial charge in [-0.3, -0.25) is 9.79 Å². The van der Waals surface area contributed by atoms with Crippen molar-refractivity contribution in [2.45, 2.75) is 25.5 Å². The van der Waals surface area contributed by atoms with Crippen LogP contribution in [0.4, 0.5) is 8.78 Å². The standard InChI is InChI=1S/C20H18F2N6O2S/c21-18(22)14-9-25-6-5-15(14)26-16(29)10-31-20-27-17(13(8-24)19(30)28-20)12-4-2-1-3-11(12)7-23/h3-5,9,13-14,18-19,30H,1-2,6,10H2,(H,26,29). The second kappa shape index (κ2) is 10.2. The summed E-state index contributed by atoms with van der Waals surface area (Å²) >= 11 is 0.900. The van der Waals surface area contributed by atoms with Crippen molar-refractivity contribution in [3.8, 4) is 12.1 Å². The minimum Gasteiger partial charge on any atom is -0.370 e. The molecule has 0 spiro atoms. The van der Waals surface area contributed by atoms with Gasteiger partial charge in [0.25, 0.3) is 6.43 Å². The van der Waals surface area contributed by atoms with Gasteiger partial charge in [0.05, 0.1) is 41.6 Å². The smallest absolute Gasteiger partial charge is 0.251 e. The molecule has 2 heterocycles. The van der Waals surface area contributed by atoms with Crippen molar-refractivity contribution in [2.75, 3.05) is 12.3 Å². The fraction of sp³-hybridized carbons (Fsp3) is 0.400. The van der Waals surface area contributed by atoms with E-state index in [1.165, 1.54) is 6.08 Å². The Kier molecular flexibility index (Phi) is 7.45. The molecule has 0 saturated heterocycles. The summed E-state index contributed by atoms with van der Waals surface area (Å²) in [7, 11) is 0. The molecular formula is C20H18F2N6O2S. The number of dihydropyridines is 1. The van der Waals surface area contributed by atoms with Crippen LogP contribution in [0.15, 0.2) is 50.0 Å². The molecule has 160 valence electrons. The van der Waals surface area contributed by atoms with Crippen molar-refractivity contribution in [1.29, 1.82) is 10.5 Å². The largest absolute Gasteiger partial charge is 0.370 e. The minimum atomic E-state index is -2.69. The summed E-state index contributed by atoms with van der Waals surface area (Å²) in [6.45, 7) is 0.206. The number of thioether (sulfide) groups is 1. The van der Waals surface area contributed by atoms with Gasteiger partial charge in [0, 0.05) is 17.5 Å². The molecule has 1 aliphatic carbocycles. The molecule has 3 atom stereocenters. The second-order valence-corrected chi connectivity index (χ2v) is 7.67. The maximum absolute atomic E-state index is 13.1. The summed E-state index contributed by atoms with van der Waals surface area (Å²) < 4.78 is 26.2. The lowest BCUT2D eigenvalue weighted by atomic mass is 9.87. The highest BCUT2D eigenvalue weighted by Gasteiger charge is 2.33. The maximum Gasteiger partial charge on any atom is 0.251 e. The van der Waals surface area contributed by atoms with E-state index >= 15 is 0 Å². The van der Waals surface area contributed by atoms with Crippen LogP contribution in [0.25, 0.3) is 0 Å².